The fraction of sp³-hybridized carbons (Fsp3) is 0.176. The van der Waals surface area contributed by atoms with Crippen molar-refractivity contribution in [3.8, 4) is 10.6 Å². The summed E-state index contributed by atoms with van der Waals surface area (Å²) in [4.78, 5) is 12.1. The first kappa shape index (κ1) is 19.3. The van der Waals surface area contributed by atoms with Crippen LogP contribution >= 0.6 is 11.3 Å². The van der Waals surface area contributed by atoms with Gasteiger partial charge in [-0.25, -0.2) is 26.6 Å². The van der Waals surface area contributed by atoms with Crippen LogP contribution in [0, 0.1) is 11.6 Å². The number of benzene rings is 1. The third-order valence-electron chi connectivity index (χ3n) is 3.66. The lowest BCUT2D eigenvalue weighted by Gasteiger charge is -2.09. The largest absolute Gasteiger partial charge is 0.268 e. The van der Waals surface area contributed by atoms with Crippen LogP contribution in [0.2, 0.25) is 0 Å². The van der Waals surface area contributed by atoms with Crippen molar-refractivity contribution in [2.75, 3.05) is 6.54 Å². The van der Waals surface area contributed by atoms with Crippen molar-refractivity contribution >= 4 is 21.4 Å². The van der Waals surface area contributed by atoms with Gasteiger partial charge in [-0.15, -0.1) is 11.3 Å². The molecule has 2 aromatic heterocycles. The number of rotatable bonds is 7. The molecule has 3 rings (SSSR count). The second-order valence-corrected chi connectivity index (χ2v) is 8.27. The lowest BCUT2D eigenvalue weighted by molar-refractivity contribution is 0.527. The molecular weight excluding hydrogens is 396 g/mol. The summed E-state index contributed by atoms with van der Waals surface area (Å²) in [6, 6.07) is 8.99. The number of hydrogen-bond acceptors (Lipinski definition) is 5. The number of halogens is 2. The van der Waals surface area contributed by atoms with E-state index < -0.39 is 26.6 Å². The highest BCUT2D eigenvalue weighted by molar-refractivity contribution is 7.89. The minimum absolute atomic E-state index is 0.0599. The molecule has 0 amide bonds. The number of sulfonamides is 1. The normalized spacial score (nSPS) is 11.6. The standard InChI is InChI=1S/C17H15F2N3O3S2/c18-12-4-5-13(19)16(11-12)27(24,25)20-8-2-9-22-17(23)7-6-14(21-22)15-3-1-10-26-15/h1,3-7,10-11,20H,2,8-9H2. The van der Waals surface area contributed by atoms with Crippen LogP contribution in [-0.2, 0) is 16.6 Å². The van der Waals surface area contributed by atoms with Crippen LogP contribution in [0.5, 0.6) is 0 Å². The fourth-order valence-electron chi connectivity index (χ4n) is 2.36. The smallest absolute Gasteiger partial charge is 0.266 e. The fourth-order valence-corrected chi connectivity index (χ4v) is 4.21. The zero-order chi connectivity index (χ0) is 19.4. The average molecular weight is 411 g/mol. The molecule has 27 heavy (non-hydrogen) atoms. The molecule has 10 heteroatoms. The summed E-state index contributed by atoms with van der Waals surface area (Å²) in [6.45, 7) is 0.113. The summed E-state index contributed by atoms with van der Waals surface area (Å²) in [7, 11) is -4.19. The molecule has 0 aliphatic carbocycles. The summed E-state index contributed by atoms with van der Waals surface area (Å²) in [5, 5.41) is 6.16. The monoisotopic (exact) mass is 411 g/mol. The van der Waals surface area contributed by atoms with Gasteiger partial charge in [-0.2, -0.15) is 5.10 Å². The molecule has 0 saturated carbocycles. The minimum Gasteiger partial charge on any atom is -0.268 e. The van der Waals surface area contributed by atoms with E-state index in [1.165, 1.54) is 22.1 Å². The van der Waals surface area contributed by atoms with E-state index in [2.05, 4.69) is 9.82 Å². The number of hydrogen-bond donors (Lipinski definition) is 1. The molecule has 0 atom stereocenters. The second-order valence-electron chi connectivity index (χ2n) is 5.58. The van der Waals surface area contributed by atoms with Gasteiger partial charge in [0, 0.05) is 19.2 Å². The highest BCUT2D eigenvalue weighted by Crippen LogP contribution is 2.21. The zero-order valence-electron chi connectivity index (χ0n) is 13.9. The van der Waals surface area contributed by atoms with E-state index in [9.17, 15) is 22.0 Å². The van der Waals surface area contributed by atoms with Gasteiger partial charge in [0.25, 0.3) is 5.56 Å². The number of aromatic nitrogens is 2. The molecule has 0 aliphatic heterocycles. The van der Waals surface area contributed by atoms with Gasteiger partial charge in [0.05, 0.1) is 4.88 Å². The van der Waals surface area contributed by atoms with E-state index in [4.69, 9.17) is 0 Å². The summed E-state index contributed by atoms with van der Waals surface area (Å²) in [5.41, 5.74) is 0.335. The van der Waals surface area contributed by atoms with Gasteiger partial charge in [0.15, 0.2) is 0 Å². The van der Waals surface area contributed by atoms with Crippen molar-refractivity contribution in [1.29, 1.82) is 0 Å². The van der Waals surface area contributed by atoms with E-state index in [1.807, 2.05) is 17.5 Å². The molecule has 0 radical (unpaired) electrons. The van der Waals surface area contributed by atoms with E-state index in [1.54, 1.807) is 6.07 Å². The number of thiophene rings is 1. The quantitative estimate of drug-likeness (QED) is 0.606. The first-order valence-corrected chi connectivity index (χ1v) is 10.3. The Morgan fingerprint density at radius 3 is 2.70 bits per heavy atom. The van der Waals surface area contributed by atoms with Crippen LogP contribution in [0.3, 0.4) is 0 Å². The first-order chi connectivity index (χ1) is 12.9. The molecule has 142 valence electrons. The number of nitrogens with one attached hydrogen (secondary N) is 1. The first-order valence-electron chi connectivity index (χ1n) is 7.93. The molecular formula is C17H15F2N3O3S2. The van der Waals surface area contributed by atoms with E-state index in [0.717, 1.165) is 17.0 Å². The molecule has 1 N–H and O–H groups in total. The van der Waals surface area contributed by atoms with Gasteiger partial charge in [0.1, 0.15) is 22.2 Å². The summed E-state index contributed by atoms with van der Waals surface area (Å²) < 4.78 is 54.4. The van der Waals surface area contributed by atoms with Crippen LogP contribution in [0.15, 0.2) is 57.5 Å². The van der Waals surface area contributed by atoms with Crippen LogP contribution in [0.1, 0.15) is 6.42 Å². The molecule has 0 saturated heterocycles. The van der Waals surface area contributed by atoms with Crippen LogP contribution < -0.4 is 10.3 Å². The van der Waals surface area contributed by atoms with Gasteiger partial charge < -0.3 is 0 Å². The van der Waals surface area contributed by atoms with Crippen molar-refractivity contribution in [2.24, 2.45) is 0 Å². The molecule has 6 nitrogen and oxygen atoms in total. The Labute approximate surface area is 158 Å². The van der Waals surface area contributed by atoms with Crippen LogP contribution in [0.4, 0.5) is 8.78 Å². The van der Waals surface area contributed by atoms with Crippen molar-refractivity contribution in [3.05, 3.63) is 69.8 Å². The van der Waals surface area contributed by atoms with E-state index >= 15 is 0 Å². The summed E-state index contributed by atoms with van der Waals surface area (Å²) in [5.74, 6) is -1.89. The molecule has 1 aromatic carbocycles. The highest BCUT2D eigenvalue weighted by atomic mass is 32.2. The molecule has 0 bridgehead atoms. The maximum absolute atomic E-state index is 13.6. The highest BCUT2D eigenvalue weighted by Gasteiger charge is 2.19. The maximum atomic E-state index is 13.6. The third kappa shape index (κ3) is 4.65. The van der Waals surface area contributed by atoms with E-state index in [0.29, 0.717) is 11.8 Å². The third-order valence-corrected chi connectivity index (χ3v) is 6.03. The van der Waals surface area contributed by atoms with Crippen molar-refractivity contribution < 1.29 is 17.2 Å². The molecule has 0 unspecified atom stereocenters. The van der Waals surface area contributed by atoms with Crippen LogP contribution in [0.25, 0.3) is 10.6 Å². The minimum atomic E-state index is -4.19. The Kier molecular flexibility index (Phi) is 5.78. The second kappa shape index (κ2) is 8.07. The van der Waals surface area contributed by atoms with Crippen LogP contribution in [-0.4, -0.2) is 24.7 Å². The molecule has 0 fully saturated rings. The Hall–Kier alpha value is -2.43. The van der Waals surface area contributed by atoms with Gasteiger partial charge in [-0.1, -0.05) is 6.07 Å². The van der Waals surface area contributed by atoms with E-state index in [-0.39, 0.29) is 25.1 Å². The van der Waals surface area contributed by atoms with Gasteiger partial charge in [-0.3, -0.25) is 4.79 Å². The van der Waals surface area contributed by atoms with Gasteiger partial charge in [0.2, 0.25) is 10.0 Å². The summed E-state index contributed by atoms with van der Waals surface area (Å²) in [6.07, 6.45) is 0.247. The predicted octanol–water partition coefficient (Wildman–Crippen LogP) is 2.62. The summed E-state index contributed by atoms with van der Waals surface area (Å²) >= 11 is 1.49. The SMILES string of the molecule is O=c1ccc(-c2cccs2)nn1CCCNS(=O)(=O)c1cc(F)ccc1F. The molecule has 2 heterocycles. The molecule has 3 aromatic rings. The average Bonchev–Trinajstić information content (AvgIpc) is 3.16. The molecule has 0 aliphatic rings. The maximum Gasteiger partial charge on any atom is 0.266 e. The number of aryl methyl sites for hydroxylation is 1. The Morgan fingerprint density at radius 2 is 1.96 bits per heavy atom. The predicted molar refractivity (Wildman–Crippen MR) is 98.0 cm³/mol. The van der Waals surface area contributed by atoms with Gasteiger partial charge >= 0.3 is 0 Å². The van der Waals surface area contributed by atoms with Gasteiger partial charge in [-0.05, 0) is 42.1 Å². The Morgan fingerprint density at radius 1 is 1.15 bits per heavy atom. The van der Waals surface area contributed by atoms with Crippen molar-refractivity contribution in [3.63, 3.8) is 0 Å². The lowest BCUT2D eigenvalue weighted by Crippen LogP contribution is -2.28. The van der Waals surface area contributed by atoms with Crippen molar-refractivity contribution in [1.82, 2.24) is 14.5 Å². The Bertz CT molecular complexity index is 1100. The van der Waals surface area contributed by atoms with Crippen molar-refractivity contribution in [2.45, 2.75) is 17.9 Å². The molecule has 0 spiro atoms. The lowest BCUT2D eigenvalue weighted by atomic mass is 10.3. The number of nitrogens with zero attached hydrogens (tertiary/aromatic N) is 2. The zero-order valence-corrected chi connectivity index (χ0v) is 15.6. The Balaban J connectivity index is 1.64. The topological polar surface area (TPSA) is 81.1 Å².